The lowest BCUT2D eigenvalue weighted by atomic mass is 9.92. The maximum Gasteiger partial charge on any atom is 0.223 e. The van der Waals surface area contributed by atoms with Gasteiger partial charge in [-0.05, 0) is 52.3 Å². The minimum Gasteiger partial charge on any atom is -0.489 e. The summed E-state index contributed by atoms with van der Waals surface area (Å²) in [6, 6.07) is 8.40. The lowest BCUT2D eigenvalue weighted by molar-refractivity contribution is -0.126. The third kappa shape index (κ3) is 5.05. The van der Waals surface area contributed by atoms with E-state index >= 15 is 0 Å². The Hall–Kier alpha value is -1.55. The van der Waals surface area contributed by atoms with E-state index in [0.717, 1.165) is 25.1 Å². The summed E-state index contributed by atoms with van der Waals surface area (Å²) in [7, 11) is 0. The standard InChI is InChI=1S/C17H26N2O2/c1-12-4-6-16(7-5-12)21-14(3)11-19-17(20)15-8-9-18-13(2)10-15/h4-7,13-15,18H,8-11H2,1-3H3,(H,19,20)/t13-,14?,15-/m0/s1. The number of carbonyl (C=O) groups excluding carboxylic acids is 1. The van der Waals surface area contributed by atoms with E-state index in [9.17, 15) is 4.79 Å². The van der Waals surface area contributed by atoms with E-state index in [2.05, 4.69) is 17.6 Å². The number of aryl methyl sites for hydroxylation is 1. The number of benzene rings is 1. The SMILES string of the molecule is Cc1ccc(OC(C)CNC(=O)[C@H]2CCN[C@@H](C)C2)cc1. The van der Waals surface area contributed by atoms with Crippen molar-refractivity contribution in [3.05, 3.63) is 29.8 Å². The van der Waals surface area contributed by atoms with Gasteiger partial charge in [-0.15, -0.1) is 0 Å². The normalized spacial score (nSPS) is 23.4. The monoisotopic (exact) mass is 290 g/mol. The number of hydrogen-bond donors (Lipinski definition) is 2. The van der Waals surface area contributed by atoms with Crippen molar-refractivity contribution in [1.29, 1.82) is 0 Å². The van der Waals surface area contributed by atoms with Gasteiger partial charge in [0.15, 0.2) is 0 Å². The molecule has 1 unspecified atom stereocenters. The molecule has 0 saturated carbocycles. The molecule has 1 amide bonds. The van der Waals surface area contributed by atoms with Crippen molar-refractivity contribution in [2.75, 3.05) is 13.1 Å². The topological polar surface area (TPSA) is 50.4 Å². The summed E-state index contributed by atoms with van der Waals surface area (Å²) in [6.45, 7) is 7.63. The molecule has 0 spiro atoms. The second kappa shape index (κ2) is 7.46. The highest BCUT2D eigenvalue weighted by Gasteiger charge is 2.24. The van der Waals surface area contributed by atoms with E-state index in [-0.39, 0.29) is 17.9 Å². The summed E-state index contributed by atoms with van der Waals surface area (Å²) >= 11 is 0. The zero-order valence-corrected chi connectivity index (χ0v) is 13.2. The van der Waals surface area contributed by atoms with Crippen LogP contribution < -0.4 is 15.4 Å². The zero-order chi connectivity index (χ0) is 15.2. The first-order valence-electron chi connectivity index (χ1n) is 7.79. The van der Waals surface area contributed by atoms with Crippen molar-refractivity contribution in [2.45, 2.75) is 45.8 Å². The molecule has 1 fully saturated rings. The van der Waals surface area contributed by atoms with Crippen LogP contribution in [0.25, 0.3) is 0 Å². The average molecular weight is 290 g/mol. The number of rotatable bonds is 5. The van der Waals surface area contributed by atoms with Gasteiger partial charge in [-0.1, -0.05) is 17.7 Å². The highest BCUT2D eigenvalue weighted by Crippen LogP contribution is 2.16. The van der Waals surface area contributed by atoms with E-state index < -0.39 is 0 Å². The second-order valence-corrected chi connectivity index (χ2v) is 6.06. The highest BCUT2D eigenvalue weighted by molar-refractivity contribution is 5.78. The molecule has 0 radical (unpaired) electrons. The molecule has 1 saturated heterocycles. The van der Waals surface area contributed by atoms with Crippen LogP contribution in [0.1, 0.15) is 32.3 Å². The van der Waals surface area contributed by atoms with Gasteiger partial charge >= 0.3 is 0 Å². The number of carbonyl (C=O) groups is 1. The Bertz CT molecular complexity index is 458. The van der Waals surface area contributed by atoms with Crippen LogP contribution in [-0.2, 0) is 4.79 Å². The Morgan fingerprint density at radius 3 is 2.81 bits per heavy atom. The molecule has 1 heterocycles. The van der Waals surface area contributed by atoms with Crippen molar-refractivity contribution >= 4 is 5.91 Å². The zero-order valence-electron chi connectivity index (χ0n) is 13.2. The number of hydrogen-bond acceptors (Lipinski definition) is 3. The van der Waals surface area contributed by atoms with Crippen LogP contribution in [0.4, 0.5) is 0 Å². The molecule has 1 aliphatic heterocycles. The number of piperidine rings is 1. The Morgan fingerprint density at radius 1 is 1.43 bits per heavy atom. The third-order valence-electron chi connectivity index (χ3n) is 3.92. The van der Waals surface area contributed by atoms with Gasteiger partial charge in [-0.3, -0.25) is 4.79 Å². The van der Waals surface area contributed by atoms with Crippen LogP contribution >= 0.6 is 0 Å². The molecular weight excluding hydrogens is 264 g/mol. The van der Waals surface area contributed by atoms with E-state index in [0.29, 0.717) is 12.6 Å². The van der Waals surface area contributed by atoms with Crippen LogP contribution in [-0.4, -0.2) is 31.1 Å². The maximum atomic E-state index is 12.2. The van der Waals surface area contributed by atoms with Crippen LogP contribution in [0, 0.1) is 12.8 Å². The molecule has 1 aliphatic rings. The van der Waals surface area contributed by atoms with Gasteiger partial charge in [-0.25, -0.2) is 0 Å². The van der Waals surface area contributed by atoms with Crippen molar-refractivity contribution in [2.24, 2.45) is 5.92 Å². The molecule has 1 aromatic rings. The molecule has 0 bridgehead atoms. The first-order chi connectivity index (χ1) is 10.0. The predicted octanol–water partition coefficient (Wildman–Crippen LogP) is 2.27. The Balaban J connectivity index is 1.74. The molecule has 3 atom stereocenters. The van der Waals surface area contributed by atoms with E-state index in [1.54, 1.807) is 0 Å². The number of amides is 1. The predicted molar refractivity (Wildman–Crippen MR) is 84.5 cm³/mol. The summed E-state index contributed by atoms with van der Waals surface area (Å²) in [5, 5.41) is 6.38. The molecule has 4 nitrogen and oxygen atoms in total. The summed E-state index contributed by atoms with van der Waals surface area (Å²) < 4.78 is 5.80. The smallest absolute Gasteiger partial charge is 0.223 e. The fourth-order valence-corrected chi connectivity index (χ4v) is 2.65. The molecular formula is C17H26N2O2. The van der Waals surface area contributed by atoms with Crippen LogP contribution in [0.3, 0.4) is 0 Å². The van der Waals surface area contributed by atoms with Crippen molar-refractivity contribution in [1.82, 2.24) is 10.6 Å². The van der Waals surface area contributed by atoms with Crippen molar-refractivity contribution in [3.8, 4) is 5.75 Å². The molecule has 0 aromatic heterocycles. The molecule has 4 heteroatoms. The molecule has 0 aliphatic carbocycles. The van der Waals surface area contributed by atoms with Gasteiger partial charge in [0.1, 0.15) is 11.9 Å². The van der Waals surface area contributed by atoms with Crippen LogP contribution in [0.15, 0.2) is 24.3 Å². The first-order valence-corrected chi connectivity index (χ1v) is 7.79. The minimum atomic E-state index is -0.0317. The lowest BCUT2D eigenvalue weighted by Crippen LogP contribution is -2.44. The quantitative estimate of drug-likeness (QED) is 0.874. The van der Waals surface area contributed by atoms with E-state index in [4.69, 9.17) is 4.74 Å². The molecule has 2 rings (SSSR count). The number of nitrogens with one attached hydrogen (secondary N) is 2. The summed E-state index contributed by atoms with van der Waals surface area (Å²) in [6.07, 6.45) is 1.80. The van der Waals surface area contributed by atoms with Gasteiger partial charge in [0.25, 0.3) is 0 Å². The fourth-order valence-electron chi connectivity index (χ4n) is 2.65. The minimum absolute atomic E-state index is 0.0317. The Labute approximate surface area is 127 Å². The third-order valence-corrected chi connectivity index (χ3v) is 3.92. The summed E-state index contributed by atoms with van der Waals surface area (Å²) in [5.41, 5.74) is 1.21. The summed E-state index contributed by atoms with van der Waals surface area (Å²) in [4.78, 5) is 12.2. The molecule has 1 aromatic carbocycles. The van der Waals surface area contributed by atoms with Gasteiger partial charge in [0.2, 0.25) is 5.91 Å². The second-order valence-electron chi connectivity index (χ2n) is 6.06. The van der Waals surface area contributed by atoms with E-state index in [1.807, 2.05) is 38.1 Å². The Kier molecular flexibility index (Phi) is 5.62. The van der Waals surface area contributed by atoms with E-state index in [1.165, 1.54) is 5.56 Å². The van der Waals surface area contributed by atoms with Crippen molar-refractivity contribution in [3.63, 3.8) is 0 Å². The summed E-state index contributed by atoms with van der Waals surface area (Å²) in [5.74, 6) is 1.13. The molecule has 21 heavy (non-hydrogen) atoms. The maximum absolute atomic E-state index is 12.2. The lowest BCUT2D eigenvalue weighted by Gasteiger charge is -2.27. The average Bonchev–Trinajstić information content (AvgIpc) is 2.47. The van der Waals surface area contributed by atoms with Crippen molar-refractivity contribution < 1.29 is 9.53 Å². The van der Waals surface area contributed by atoms with Gasteiger partial charge in [-0.2, -0.15) is 0 Å². The largest absolute Gasteiger partial charge is 0.489 e. The van der Waals surface area contributed by atoms with Crippen LogP contribution in [0.5, 0.6) is 5.75 Å². The number of ether oxygens (including phenoxy) is 1. The highest BCUT2D eigenvalue weighted by atomic mass is 16.5. The first kappa shape index (κ1) is 15.8. The Morgan fingerprint density at radius 2 is 2.14 bits per heavy atom. The van der Waals surface area contributed by atoms with Gasteiger partial charge in [0.05, 0.1) is 6.54 Å². The van der Waals surface area contributed by atoms with Gasteiger partial charge < -0.3 is 15.4 Å². The fraction of sp³-hybridized carbons (Fsp3) is 0.588. The molecule has 116 valence electrons. The van der Waals surface area contributed by atoms with Crippen LogP contribution in [0.2, 0.25) is 0 Å². The van der Waals surface area contributed by atoms with Gasteiger partial charge in [0, 0.05) is 12.0 Å². The molecule has 2 N–H and O–H groups in total.